The Morgan fingerprint density at radius 2 is 1.97 bits per heavy atom. The first-order valence-electron chi connectivity index (χ1n) is 10.4. The molecule has 2 aromatic carbocycles. The molecule has 0 aliphatic heterocycles. The van der Waals surface area contributed by atoms with Crippen molar-refractivity contribution in [3.8, 4) is 17.2 Å². The van der Waals surface area contributed by atoms with Gasteiger partial charge in [0.1, 0.15) is 6.61 Å². The van der Waals surface area contributed by atoms with Crippen molar-refractivity contribution < 1.29 is 19.0 Å². The number of aromatic nitrogens is 4. The highest BCUT2D eigenvalue weighted by Crippen LogP contribution is 2.35. The third kappa shape index (κ3) is 3.71. The van der Waals surface area contributed by atoms with Gasteiger partial charge in [0, 0.05) is 30.0 Å². The number of carbonyl (C=O) groups is 1. The van der Waals surface area contributed by atoms with Crippen LogP contribution < -0.4 is 14.8 Å². The van der Waals surface area contributed by atoms with Crippen LogP contribution in [0.2, 0.25) is 0 Å². The summed E-state index contributed by atoms with van der Waals surface area (Å²) in [6.45, 7) is 0.828. The summed E-state index contributed by atoms with van der Waals surface area (Å²) in [5, 5.41) is 17.7. The summed E-state index contributed by atoms with van der Waals surface area (Å²) in [6.07, 6.45) is 3.66. The number of amides is 1. The molecule has 1 N–H and O–H groups in total. The van der Waals surface area contributed by atoms with Gasteiger partial charge in [-0.2, -0.15) is 15.3 Å². The molecule has 4 aromatic rings. The molecule has 1 fully saturated rings. The molecule has 9 heteroatoms. The minimum Gasteiger partial charge on any atom is -0.493 e. The number of ether oxygens (including phenoxy) is 3. The van der Waals surface area contributed by atoms with Crippen LogP contribution in [-0.2, 0) is 4.74 Å². The second kappa shape index (κ2) is 8.43. The second-order valence-electron chi connectivity index (χ2n) is 7.62. The molecule has 9 nitrogen and oxygen atoms in total. The second-order valence-corrected chi connectivity index (χ2v) is 7.62. The Labute approximate surface area is 184 Å². The fraction of sp³-hybridized carbons (Fsp3) is 0.304. The molecule has 0 unspecified atom stereocenters. The lowest BCUT2D eigenvalue weighted by molar-refractivity contribution is 0.0947. The monoisotopic (exact) mass is 433 g/mol. The molecule has 0 radical (unpaired) electrons. The van der Waals surface area contributed by atoms with Crippen molar-refractivity contribution in [1.29, 1.82) is 0 Å². The molecular formula is C23H23N5O4. The van der Waals surface area contributed by atoms with E-state index >= 15 is 0 Å². The lowest BCUT2D eigenvalue weighted by Crippen LogP contribution is -2.26. The number of methoxy groups -OCH3 is 2. The number of hydrogen-bond donors (Lipinski definition) is 1. The molecule has 0 saturated heterocycles. The standard InChI is InChI=1S/C23H23N5O4/c1-30-9-10-32-21-11-16-17(12-20(21)31-2)26-24-13-19(16)28-18-6-4-3-5-15(18)22(27-28)23(29)25-14-7-8-14/h3-6,11-14H,7-10H2,1-2H3,(H,25,29). The van der Waals surface area contributed by atoms with Crippen molar-refractivity contribution in [2.24, 2.45) is 0 Å². The van der Waals surface area contributed by atoms with E-state index in [1.807, 2.05) is 30.3 Å². The van der Waals surface area contributed by atoms with E-state index in [0.717, 1.165) is 29.1 Å². The number of nitrogens with zero attached hydrogens (tertiary/aromatic N) is 4. The SMILES string of the molecule is COCCOc1cc2c(-n3nc(C(=O)NC4CC4)c4ccccc43)cnnc2cc1OC. The van der Waals surface area contributed by atoms with Crippen molar-refractivity contribution in [3.63, 3.8) is 0 Å². The smallest absolute Gasteiger partial charge is 0.272 e. The van der Waals surface area contributed by atoms with Crippen LogP contribution >= 0.6 is 0 Å². The summed E-state index contributed by atoms with van der Waals surface area (Å²) in [6, 6.07) is 11.5. The number of rotatable bonds is 8. The first-order valence-corrected chi connectivity index (χ1v) is 10.4. The van der Waals surface area contributed by atoms with E-state index in [-0.39, 0.29) is 11.9 Å². The van der Waals surface area contributed by atoms with Crippen molar-refractivity contribution in [3.05, 3.63) is 48.3 Å². The van der Waals surface area contributed by atoms with Crippen LogP contribution in [0.3, 0.4) is 0 Å². The Morgan fingerprint density at radius 1 is 1.12 bits per heavy atom. The first kappa shape index (κ1) is 20.2. The molecule has 1 amide bonds. The number of benzene rings is 2. The van der Waals surface area contributed by atoms with Crippen molar-refractivity contribution in [2.45, 2.75) is 18.9 Å². The third-order valence-electron chi connectivity index (χ3n) is 5.39. The van der Waals surface area contributed by atoms with Gasteiger partial charge in [-0.15, -0.1) is 0 Å². The molecular weight excluding hydrogens is 410 g/mol. The highest BCUT2D eigenvalue weighted by Gasteiger charge is 2.27. The van der Waals surface area contributed by atoms with Crippen LogP contribution in [0.1, 0.15) is 23.3 Å². The number of carbonyl (C=O) groups excluding carboxylic acids is 1. The van der Waals surface area contributed by atoms with Crippen LogP contribution in [-0.4, -0.2) is 59.4 Å². The minimum absolute atomic E-state index is 0.168. The van der Waals surface area contributed by atoms with Gasteiger partial charge in [-0.05, 0) is 25.0 Å². The zero-order valence-corrected chi connectivity index (χ0v) is 17.9. The van der Waals surface area contributed by atoms with Crippen LogP contribution in [0.15, 0.2) is 42.6 Å². The Hall–Kier alpha value is -3.72. The van der Waals surface area contributed by atoms with E-state index in [2.05, 4.69) is 20.6 Å². The van der Waals surface area contributed by atoms with Gasteiger partial charge in [-0.1, -0.05) is 18.2 Å². The van der Waals surface area contributed by atoms with Gasteiger partial charge >= 0.3 is 0 Å². The molecule has 32 heavy (non-hydrogen) atoms. The Balaban J connectivity index is 1.65. The fourth-order valence-electron chi connectivity index (χ4n) is 3.63. The van der Waals surface area contributed by atoms with Gasteiger partial charge in [0.05, 0.1) is 36.6 Å². The molecule has 1 saturated carbocycles. The van der Waals surface area contributed by atoms with Crippen LogP contribution in [0.4, 0.5) is 0 Å². The zero-order valence-electron chi connectivity index (χ0n) is 17.9. The summed E-state index contributed by atoms with van der Waals surface area (Å²) in [5.74, 6) is 0.948. The molecule has 0 atom stereocenters. The Kier molecular flexibility index (Phi) is 5.32. The van der Waals surface area contributed by atoms with Crippen molar-refractivity contribution in [1.82, 2.24) is 25.3 Å². The molecule has 1 aliphatic rings. The maximum absolute atomic E-state index is 12.8. The van der Waals surface area contributed by atoms with Crippen LogP contribution in [0.25, 0.3) is 27.5 Å². The van der Waals surface area contributed by atoms with Gasteiger partial charge in [-0.25, -0.2) is 4.68 Å². The van der Waals surface area contributed by atoms with Gasteiger partial charge in [-0.3, -0.25) is 4.79 Å². The summed E-state index contributed by atoms with van der Waals surface area (Å²) in [7, 11) is 3.20. The summed E-state index contributed by atoms with van der Waals surface area (Å²) in [4.78, 5) is 12.8. The van der Waals surface area contributed by atoms with Gasteiger partial charge in [0.2, 0.25) is 0 Å². The van der Waals surface area contributed by atoms with E-state index < -0.39 is 0 Å². The summed E-state index contributed by atoms with van der Waals surface area (Å²) < 4.78 is 18.1. The minimum atomic E-state index is -0.168. The average Bonchev–Trinajstić information content (AvgIpc) is 3.55. The van der Waals surface area contributed by atoms with Crippen molar-refractivity contribution in [2.75, 3.05) is 27.4 Å². The molecule has 2 heterocycles. The van der Waals surface area contributed by atoms with E-state index in [9.17, 15) is 4.79 Å². The zero-order chi connectivity index (χ0) is 22.1. The fourth-order valence-corrected chi connectivity index (χ4v) is 3.63. The highest BCUT2D eigenvalue weighted by atomic mass is 16.5. The van der Waals surface area contributed by atoms with E-state index in [1.165, 1.54) is 0 Å². The number of para-hydroxylation sites is 1. The lowest BCUT2D eigenvalue weighted by Gasteiger charge is -2.13. The predicted molar refractivity (Wildman–Crippen MR) is 119 cm³/mol. The average molecular weight is 433 g/mol. The number of hydrogen-bond acceptors (Lipinski definition) is 7. The largest absolute Gasteiger partial charge is 0.493 e. The maximum Gasteiger partial charge on any atom is 0.272 e. The van der Waals surface area contributed by atoms with Gasteiger partial charge in [0.25, 0.3) is 5.91 Å². The molecule has 164 valence electrons. The topological polar surface area (TPSA) is 100 Å². The van der Waals surface area contributed by atoms with E-state index in [1.54, 1.807) is 31.2 Å². The molecule has 5 rings (SSSR count). The van der Waals surface area contributed by atoms with Crippen LogP contribution in [0.5, 0.6) is 11.5 Å². The number of nitrogens with one attached hydrogen (secondary N) is 1. The molecule has 0 bridgehead atoms. The lowest BCUT2D eigenvalue weighted by atomic mass is 10.1. The highest BCUT2D eigenvalue weighted by molar-refractivity contribution is 6.06. The Bertz CT molecular complexity index is 1300. The number of fused-ring (bicyclic) bond motifs is 2. The molecule has 0 spiro atoms. The maximum atomic E-state index is 12.8. The Morgan fingerprint density at radius 3 is 2.75 bits per heavy atom. The van der Waals surface area contributed by atoms with Gasteiger partial charge < -0.3 is 19.5 Å². The third-order valence-corrected chi connectivity index (χ3v) is 5.39. The van der Waals surface area contributed by atoms with Crippen LogP contribution in [0, 0.1) is 0 Å². The van der Waals surface area contributed by atoms with Gasteiger partial charge in [0.15, 0.2) is 17.2 Å². The summed E-state index contributed by atoms with van der Waals surface area (Å²) in [5.41, 5.74) is 2.51. The predicted octanol–water partition coefficient (Wildman–Crippen LogP) is 2.89. The quantitative estimate of drug-likeness (QED) is 0.427. The molecule has 2 aromatic heterocycles. The van der Waals surface area contributed by atoms with Crippen molar-refractivity contribution >= 4 is 27.7 Å². The first-order chi connectivity index (χ1) is 15.7. The van der Waals surface area contributed by atoms with E-state index in [0.29, 0.717) is 41.6 Å². The van der Waals surface area contributed by atoms with E-state index in [4.69, 9.17) is 14.2 Å². The normalized spacial score (nSPS) is 13.4. The molecule has 1 aliphatic carbocycles. The summed E-state index contributed by atoms with van der Waals surface area (Å²) >= 11 is 0.